The lowest BCUT2D eigenvalue weighted by Crippen LogP contribution is -2.08. The second-order valence-corrected chi connectivity index (χ2v) is 3.27. The van der Waals surface area contributed by atoms with Crippen LogP contribution in [0.4, 0.5) is 5.69 Å². The molecule has 0 saturated carbocycles. The molecule has 0 atom stereocenters. The van der Waals surface area contributed by atoms with Gasteiger partial charge in [0, 0.05) is 11.1 Å². The van der Waals surface area contributed by atoms with Crippen molar-refractivity contribution in [1.29, 1.82) is 0 Å². The summed E-state index contributed by atoms with van der Waals surface area (Å²) < 4.78 is 5.07. The number of hydrogen-bond acceptors (Lipinski definition) is 4. The first-order valence-corrected chi connectivity index (χ1v) is 4.61. The zero-order chi connectivity index (χ0) is 12.1. The van der Waals surface area contributed by atoms with Crippen molar-refractivity contribution in [2.75, 3.05) is 0 Å². The molecular formula is C12H11NO3. The van der Waals surface area contributed by atoms with E-state index in [0.29, 0.717) is 22.6 Å². The maximum atomic E-state index is 11.3. The minimum Gasteiger partial charge on any atom is -0.423 e. The summed E-state index contributed by atoms with van der Waals surface area (Å²) >= 11 is 0. The van der Waals surface area contributed by atoms with Crippen molar-refractivity contribution in [2.24, 2.45) is 4.99 Å². The zero-order valence-electron chi connectivity index (χ0n) is 9.11. The smallest absolute Gasteiger partial charge is 0.338 e. The van der Waals surface area contributed by atoms with Gasteiger partial charge in [-0.1, -0.05) is 12.6 Å². The molecule has 1 aromatic carbocycles. The monoisotopic (exact) mass is 217 g/mol. The molecule has 1 rings (SSSR count). The van der Waals surface area contributed by atoms with Crippen LogP contribution in [-0.2, 0) is 9.59 Å². The van der Waals surface area contributed by atoms with Gasteiger partial charge in [0.2, 0.25) is 6.08 Å². The number of rotatable bonds is 3. The summed E-state index contributed by atoms with van der Waals surface area (Å²) in [6, 6.07) is 4.91. The van der Waals surface area contributed by atoms with Gasteiger partial charge >= 0.3 is 5.97 Å². The van der Waals surface area contributed by atoms with Crippen LogP contribution < -0.4 is 4.74 Å². The van der Waals surface area contributed by atoms with Crippen LogP contribution in [0.15, 0.2) is 35.3 Å². The largest absolute Gasteiger partial charge is 0.423 e. The molecule has 0 spiro atoms. The Morgan fingerprint density at radius 3 is 2.75 bits per heavy atom. The van der Waals surface area contributed by atoms with E-state index in [0.717, 1.165) is 0 Å². The summed E-state index contributed by atoms with van der Waals surface area (Å²) in [5, 5.41) is 0. The summed E-state index contributed by atoms with van der Waals surface area (Å²) in [5.74, 6) is -0.139. The molecule has 0 unspecified atom stereocenters. The molecule has 4 heteroatoms. The first kappa shape index (κ1) is 11.9. The van der Waals surface area contributed by atoms with Gasteiger partial charge in [-0.05, 0) is 26.0 Å². The van der Waals surface area contributed by atoms with Crippen LogP contribution in [-0.4, -0.2) is 12.0 Å². The third-order valence-corrected chi connectivity index (χ3v) is 1.97. The minimum atomic E-state index is -0.504. The van der Waals surface area contributed by atoms with Gasteiger partial charge in [-0.25, -0.2) is 9.59 Å². The van der Waals surface area contributed by atoms with Crippen molar-refractivity contribution in [2.45, 2.75) is 13.8 Å². The fourth-order valence-electron chi connectivity index (χ4n) is 1.07. The number of hydrogen-bond donors (Lipinski definition) is 0. The molecule has 0 heterocycles. The lowest BCUT2D eigenvalue weighted by molar-refractivity contribution is -0.130. The van der Waals surface area contributed by atoms with E-state index in [1.807, 2.05) is 0 Å². The number of carbonyl (C=O) groups is 1. The van der Waals surface area contributed by atoms with E-state index in [1.165, 1.54) is 6.08 Å². The van der Waals surface area contributed by atoms with E-state index in [1.54, 1.807) is 32.0 Å². The van der Waals surface area contributed by atoms with Crippen LogP contribution in [0.1, 0.15) is 12.5 Å². The number of ether oxygens (including phenoxy) is 1. The van der Waals surface area contributed by atoms with Gasteiger partial charge in [0.15, 0.2) is 0 Å². The minimum absolute atomic E-state index is 0.309. The number of esters is 1. The molecule has 16 heavy (non-hydrogen) atoms. The van der Waals surface area contributed by atoms with Crippen LogP contribution in [0.5, 0.6) is 5.75 Å². The molecule has 0 aliphatic rings. The summed E-state index contributed by atoms with van der Waals surface area (Å²) in [5.41, 5.74) is 1.35. The Morgan fingerprint density at radius 2 is 2.19 bits per heavy atom. The molecule has 0 saturated heterocycles. The molecule has 0 aromatic heterocycles. The SMILES string of the molecule is C=C(C)C(=O)Oc1cccc(N=C=O)c1C. The zero-order valence-corrected chi connectivity index (χ0v) is 9.11. The summed E-state index contributed by atoms with van der Waals surface area (Å²) in [7, 11) is 0. The summed E-state index contributed by atoms with van der Waals surface area (Å²) in [6.07, 6.45) is 1.45. The quantitative estimate of drug-likeness (QED) is 0.257. The molecule has 0 amide bonds. The summed E-state index contributed by atoms with van der Waals surface area (Å²) in [6.45, 7) is 6.75. The first-order chi connectivity index (χ1) is 7.56. The molecule has 0 fully saturated rings. The fourth-order valence-corrected chi connectivity index (χ4v) is 1.07. The molecule has 0 bridgehead atoms. The number of nitrogens with zero attached hydrogens (tertiary/aromatic N) is 1. The molecule has 0 radical (unpaired) electrons. The Bertz CT molecular complexity index is 485. The molecular weight excluding hydrogens is 206 g/mol. The number of aliphatic imine (C=N–C) groups is 1. The standard InChI is InChI=1S/C12H11NO3/c1-8(2)12(15)16-11-6-4-5-10(9(11)3)13-7-14/h4-6H,1H2,2-3H3. The normalized spacial score (nSPS) is 9.12. The number of carbonyl (C=O) groups excluding carboxylic acids is 2. The molecule has 0 N–H and O–H groups in total. The van der Waals surface area contributed by atoms with E-state index in [-0.39, 0.29) is 0 Å². The lowest BCUT2D eigenvalue weighted by atomic mass is 10.2. The van der Waals surface area contributed by atoms with Crippen molar-refractivity contribution in [3.05, 3.63) is 35.9 Å². The van der Waals surface area contributed by atoms with Crippen LogP contribution in [0.25, 0.3) is 0 Å². The average Bonchev–Trinajstić information content (AvgIpc) is 2.24. The van der Waals surface area contributed by atoms with E-state index in [9.17, 15) is 9.59 Å². The molecule has 82 valence electrons. The highest BCUT2D eigenvalue weighted by molar-refractivity contribution is 5.89. The van der Waals surface area contributed by atoms with Crippen molar-refractivity contribution in [3.63, 3.8) is 0 Å². The second kappa shape index (κ2) is 5.05. The Labute approximate surface area is 93.3 Å². The average molecular weight is 217 g/mol. The van der Waals surface area contributed by atoms with Crippen LogP contribution in [0.3, 0.4) is 0 Å². The van der Waals surface area contributed by atoms with Gasteiger partial charge < -0.3 is 4.74 Å². The van der Waals surface area contributed by atoms with E-state index in [4.69, 9.17) is 4.74 Å². The van der Waals surface area contributed by atoms with Crippen molar-refractivity contribution in [1.82, 2.24) is 0 Å². The third kappa shape index (κ3) is 2.65. The Morgan fingerprint density at radius 1 is 1.50 bits per heavy atom. The lowest BCUT2D eigenvalue weighted by Gasteiger charge is -2.07. The highest BCUT2D eigenvalue weighted by Gasteiger charge is 2.09. The maximum absolute atomic E-state index is 11.3. The van der Waals surface area contributed by atoms with Gasteiger partial charge in [0.05, 0.1) is 5.69 Å². The van der Waals surface area contributed by atoms with Gasteiger partial charge in [-0.2, -0.15) is 4.99 Å². The van der Waals surface area contributed by atoms with Crippen molar-refractivity contribution in [3.8, 4) is 5.75 Å². The highest BCUT2D eigenvalue weighted by Crippen LogP contribution is 2.27. The maximum Gasteiger partial charge on any atom is 0.338 e. The van der Waals surface area contributed by atoms with Crippen molar-refractivity contribution >= 4 is 17.7 Å². The Kier molecular flexibility index (Phi) is 3.75. The highest BCUT2D eigenvalue weighted by atomic mass is 16.5. The van der Waals surface area contributed by atoms with Gasteiger partial charge in [-0.3, -0.25) is 0 Å². The van der Waals surface area contributed by atoms with E-state index >= 15 is 0 Å². The number of isocyanates is 1. The molecule has 4 nitrogen and oxygen atoms in total. The van der Waals surface area contributed by atoms with Crippen LogP contribution in [0, 0.1) is 6.92 Å². The third-order valence-electron chi connectivity index (χ3n) is 1.97. The topological polar surface area (TPSA) is 55.7 Å². The fraction of sp³-hybridized carbons (Fsp3) is 0.167. The van der Waals surface area contributed by atoms with Crippen molar-refractivity contribution < 1.29 is 14.3 Å². The van der Waals surface area contributed by atoms with Crippen LogP contribution in [0.2, 0.25) is 0 Å². The van der Waals surface area contributed by atoms with E-state index < -0.39 is 5.97 Å². The first-order valence-electron chi connectivity index (χ1n) is 4.61. The van der Waals surface area contributed by atoms with Crippen LogP contribution >= 0.6 is 0 Å². The molecule has 0 aliphatic heterocycles. The Balaban J connectivity index is 3.06. The second-order valence-electron chi connectivity index (χ2n) is 3.27. The van der Waals surface area contributed by atoms with Gasteiger partial charge in [0.25, 0.3) is 0 Å². The Hall–Kier alpha value is -2.19. The predicted molar refractivity (Wildman–Crippen MR) is 59.4 cm³/mol. The molecule has 1 aromatic rings. The molecule has 0 aliphatic carbocycles. The summed E-state index contributed by atoms with van der Waals surface area (Å²) in [4.78, 5) is 25.0. The van der Waals surface area contributed by atoms with Gasteiger partial charge in [-0.15, -0.1) is 0 Å². The van der Waals surface area contributed by atoms with Gasteiger partial charge in [0.1, 0.15) is 5.75 Å². The predicted octanol–water partition coefficient (Wildman–Crippen LogP) is 2.44. The number of benzene rings is 1. The van der Waals surface area contributed by atoms with E-state index in [2.05, 4.69) is 11.6 Å².